The maximum Gasteiger partial charge on any atom is 0.151 e. The monoisotopic (exact) mass is 303 g/mol. The SMILES string of the molecule is O=S1(=O)CCC(NCc2cccc(Br)c2)C1. The number of hydrogen-bond donors (Lipinski definition) is 1. The van der Waals surface area contributed by atoms with Gasteiger partial charge in [-0.1, -0.05) is 28.1 Å². The van der Waals surface area contributed by atoms with Crippen molar-refractivity contribution in [3.8, 4) is 0 Å². The normalized spacial score (nSPS) is 23.4. The van der Waals surface area contributed by atoms with Gasteiger partial charge in [-0.25, -0.2) is 8.42 Å². The van der Waals surface area contributed by atoms with E-state index in [1.54, 1.807) is 0 Å². The van der Waals surface area contributed by atoms with Crippen molar-refractivity contribution in [3.63, 3.8) is 0 Å². The molecule has 16 heavy (non-hydrogen) atoms. The topological polar surface area (TPSA) is 46.2 Å². The van der Waals surface area contributed by atoms with Gasteiger partial charge in [0.25, 0.3) is 0 Å². The molecule has 1 unspecified atom stereocenters. The quantitative estimate of drug-likeness (QED) is 0.925. The predicted octanol–water partition coefficient (Wildman–Crippen LogP) is 1.73. The highest BCUT2D eigenvalue weighted by Crippen LogP contribution is 2.14. The minimum atomic E-state index is -2.78. The molecule has 1 atom stereocenters. The van der Waals surface area contributed by atoms with Crippen LogP contribution in [0.4, 0.5) is 0 Å². The van der Waals surface area contributed by atoms with E-state index in [1.807, 2.05) is 24.3 Å². The summed E-state index contributed by atoms with van der Waals surface area (Å²) in [4.78, 5) is 0. The van der Waals surface area contributed by atoms with E-state index in [0.29, 0.717) is 5.75 Å². The van der Waals surface area contributed by atoms with Gasteiger partial charge in [0.15, 0.2) is 9.84 Å². The van der Waals surface area contributed by atoms with Gasteiger partial charge in [-0.3, -0.25) is 0 Å². The third-order valence-corrected chi connectivity index (χ3v) is 4.98. The number of nitrogens with one attached hydrogen (secondary N) is 1. The van der Waals surface area contributed by atoms with Crippen LogP contribution < -0.4 is 5.32 Å². The number of hydrogen-bond acceptors (Lipinski definition) is 3. The molecule has 1 aliphatic heterocycles. The van der Waals surface area contributed by atoms with Crippen LogP contribution >= 0.6 is 15.9 Å². The second kappa shape index (κ2) is 4.85. The highest BCUT2D eigenvalue weighted by Gasteiger charge is 2.27. The fourth-order valence-corrected chi connectivity index (χ4v) is 4.02. The van der Waals surface area contributed by atoms with Crippen molar-refractivity contribution in [2.45, 2.75) is 19.0 Å². The van der Waals surface area contributed by atoms with Gasteiger partial charge in [0.2, 0.25) is 0 Å². The summed E-state index contributed by atoms with van der Waals surface area (Å²) in [5.74, 6) is 0.601. The fraction of sp³-hybridized carbons (Fsp3) is 0.455. The first-order valence-corrected chi connectivity index (χ1v) is 7.85. The number of sulfone groups is 1. The van der Waals surface area contributed by atoms with Gasteiger partial charge in [0.1, 0.15) is 0 Å². The number of rotatable bonds is 3. The highest BCUT2D eigenvalue weighted by atomic mass is 79.9. The average Bonchev–Trinajstić information content (AvgIpc) is 2.56. The molecule has 1 aromatic carbocycles. The molecular weight excluding hydrogens is 290 g/mol. The van der Waals surface area contributed by atoms with E-state index in [2.05, 4.69) is 21.2 Å². The smallest absolute Gasteiger partial charge is 0.151 e. The Balaban J connectivity index is 1.89. The maximum absolute atomic E-state index is 11.3. The van der Waals surface area contributed by atoms with Gasteiger partial charge in [-0.2, -0.15) is 0 Å². The largest absolute Gasteiger partial charge is 0.309 e. The molecule has 3 nitrogen and oxygen atoms in total. The Morgan fingerprint density at radius 1 is 1.44 bits per heavy atom. The molecule has 0 spiro atoms. The summed E-state index contributed by atoms with van der Waals surface area (Å²) in [6, 6.07) is 8.14. The van der Waals surface area contributed by atoms with Gasteiger partial charge >= 0.3 is 0 Å². The van der Waals surface area contributed by atoms with Crippen LogP contribution in [-0.2, 0) is 16.4 Å². The van der Waals surface area contributed by atoms with Crippen LogP contribution in [0.2, 0.25) is 0 Å². The molecule has 1 heterocycles. The third kappa shape index (κ3) is 3.30. The number of benzene rings is 1. The fourth-order valence-electron chi connectivity index (χ4n) is 1.87. The summed E-state index contributed by atoms with van der Waals surface area (Å²) in [6.45, 7) is 0.722. The van der Waals surface area contributed by atoms with Crippen molar-refractivity contribution in [3.05, 3.63) is 34.3 Å². The molecule has 5 heteroatoms. The molecule has 0 bridgehead atoms. The Kier molecular flexibility index (Phi) is 3.66. The lowest BCUT2D eigenvalue weighted by atomic mass is 10.2. The van der Waals surface area contributed by atoms with Crippen LogP contribution in [0.15, 0.2) is 28.7 Å². The van der Waals surface area contributed by atoms with Gasteiger partial charge in [0, 0.05) is 17.1 Å². The minimum absolute atomic E-state index is 0.115. The second-order valence-electron chi connectivity index (χ2n) is 4.11. The van der Waals surface area contributed by atoms with Crippen LogP contribution in [0.1, 0.15) is 12.0 Å². The first-order chi connectivity index (χ1) is 7.55. The Hall–Kier alpha value is -0.390. The van der Waals surface area contributed by atoms with Crippen molar-refractivity contribution in [1.82, 2.24) is 5.32 Å². The van der Waals surface area contributed by atoms with E-state index >= 15 is 0 Å². The van der Waals surface area contributed by atoms with Crippen molar-refractivity contribution < 1.29 is 8.42 Å². The predicted molar refractivity (Wildman–Crippen MR) is 68.0 cm³/mol. The summed E-state index contributed by atoms with van der Waals surface area (Å²) in [7, 11) is -2.78. The molecule has 0 aromatic heterocycles. The van der Waals surface area contributed by atoms with E-state index in [9.17, 15) is 8.42 Å². The van der Waals surface area contributed by atoms with Gasteiger partial charge < -0.3 is 5.32 Å². The van der Waals surface area contributed by atoms with Crippen LogP contribution in [0.25, 0.3) is 0 Å². The lowest BCUT2D eigenvalue weighted by Crippen LogP contribution is -2.29. The molecular formula is C11H14BrNO2S. The van der Waals surface area contributed by atoms with Crippen LogP contribution in [-0.4, -0.2) is 26.0 Å². The van der Waals surface area contributed by atoms with E-state index < -0.39 is 9.84 Å². The van der Waals surface area contributed by atoms with Crippen molar-refractivity contribution in [2.75, 3.05) is 11.5 Å². The standard InChI is InChI=1S/C11H14BrNO2S/c12-10-3-1-2-9(6-10)7-13-11-4-5-16(14,15)8-11/h1-3,6,11,13H,4-5,7-8H2. The zero-order valence-corrected chi connectivity index (χ0v) is 11.2. The summed E-state index contributed by atoms with van der Waals surface area (Å²) in [5.41, 5.74) is 1.17. The molecule has 0 radical (unpaired) electrons. The Labute approximate surface area is 104 Å². The van der Waals surface area contributed by atoms with E-state index in [1.165, 1.54) is 5.56 Å². The zero-order valence-electron chi connectivity index (χ0n) is 8.82. The zero-order chi connectivity index (χ0) is 11.6. The molecule has 1 aliphatic rings. The summed E-state index contributed by atoms with van der Waals surface area (Å²) < 4.78 is 23.6. The molecule has 0 aliphatic carbocycles. The van der Waals surface area contributed by atoms with Crippen LogP contribution in [0, 0.1) is 0 Å². The summed E-state index contributed by atoms with van der Waals surface area (Å²) >= 11 is 3.41. The molecule has 1 aromatic rings. The molecule has 1 N–H and O–H groups in total. The number of halogens is 1. The summed E-state index contributed by atoms with van der Waals surface area (Å²) in [6.07, 6.45) is 0.732. The van der Waals surface area contributed by atoms with Crippen LogP contribution in [0.3, 0.4) is 0 Å². The average molecular weight is 304 g/mol. The van der Waals surface area contributed by atoms with Crippen molar-refractivity contribution in [1.29, 1.82) is 0 Å². The molecule has 1 saturated heterocycles. The first-order valence-electron chi connectivity index (χ1n) is 5.23. The molecule has 88 valence electrons. The van der Waals surface area contributed by atoms with Gasteiger partial charge in [-0.05, 0) is 24.1 Å². The second-order valence-corrected chi connectivity index (χ2v) is 7.26. The first kappa shape index (κ1) is 12.1. The molecule has 2 rings (SSSR count). The van der Waals surface area contributed by atoms with Gasteiger partial charge in [-0.15, -0.1) is 0 Å². The van der Waals surface area contributed by atoms with E-state index in [0.717, 1.165) is 17.4 Å². The Bertz CT molecular complexity index is 473. The lowest BCUT2D eigenvalue weighted by Gasteiger charge is -2.10. The lowest BCUT2D eigenvalue weighted by molar-refractivity contribution is 0.554. The Morgan fingerprint density at radius 2 is 2.25 bits per heavy atom. The molecule has 1 fully saturated rings. The van der Waals surface area contributed by atoms with E-state index in [-0.39, 0.29) is 11.8 Å². The van der Waals surface area contributed by atoms with E-state index in [4.69, 9.17) is 0 Å². The van der Waals surface area contributed by atoms with Crippen molar-refractivity contribution in [2.24, 2.45) is 0 Å². The van der Waals surface area contributed by atoms with Crippen LogP contribution in [0.5, 0.6) is 0 Å². The minimum Gasteiger partial charge on any atom is -0.309 e. The third-order valence-electron chi connectivity index (χ3n) is 2.72. The highest BCUT2D eigenvalue weighted by molar-refractivity contribution is 9.10. The maximum atomic E-state index is 11.3. The Morgan fingerprint density at radius 3 is 2.88 bits per heavy atom. The molecule has 0 amide bonds. The van der Waals surface area contributed by atoms with Crippen molar-refractivity contribution >= 4 is 25.8 Å². The molecule has 0 saturated carbocycles. The summed E-state index contributed by atoms with van der Waals surface area (Å²) in [5, 5.41) is 3.28. The van der Waals surface area contributed by atoms with Gasteiger partial charge in [0.05, 0.1) is 11.5 Å².